The summed E-state index contributed by atoms with van der Waals surface area (Å²) in [6, 6.07) is 0. The third kappa shape index (κ3) is 4.99. The number of sulfonamides is 1. The molecule has 14 heteroatoms. The van der Waals surface area contributed by atoms with E-state index in [2.05, 4.69) is 0 Å². The Balaban J connectivity index is 1.77. The first-order chi connectivity index (χ1) is 14.7. The topological polar surface area (TPSA) is 125 Å². The molecule has 3 rings (SSSR count). The van der Waals surface area contributed by atoms with Crippen molar-refractivity contribution in [1.82, 2.24) is 17.2 Å². The molecule has 33 heavy (non-hydrogen) atoms. The SMILES string of the molecule is CC(C)(C)N1CCC(CC(C)(C)N2CCN(CC(C)(C)N3CCOS3(=O)=O)S2(=O)=O)S1(=O)=O. The lowest BCUT2D eigenvalue weighted by Crippen LogP contribution is -2.54. The van der Waals surface area contributed by atoms with Gasteiger partial charge in [0.1, 0.15) is 0 Å². The van der Waals surface area contributed by atoms with Crippen LogP contribution in [0.25, 0.3) is 0 Å². The van der Waals surface area contributed by atoms with E-state index < -0.39 is 52.4 Å². The van der Waals surface area contributed by atoms with E-state index in [1.54, 1.807) is 27.7 Å². The van der Waals surface area contributed by atoms with Gasteiger partial charge in [0, 0.05) is 49.3 Å². The van der Waals surface area contributed by atoms with Gasteiger partial charge in [-0.2, -0.15) is 34.1 Å². The molecule has 3 saturated heterocycles. The molecular weight excluding hydrogens is 492 g/mol. The molecule has 0 aromatic rings. The fourth-order valence-corrected chi connectivity index (χ4v) is 11.1. The largest absolute Gasteiger partial charge is 0.339 e. The highest BCUT2D eigenvalue weighted by Crippen LogP contribution is 2.38. The van der Waals surface area contributed by atoms with Crippen LogP contribution in [0.4, 0.5) is 0 Å². The van der Waals surface area contributed by atoms with Gasteiger partial charge in [-0.3, -0.25) is 4.18 Å². The van der Waals surface area contributed by atoms with E-state index in [1.807, 2.05) is 20.8 Å². The van der Waals surface area contributed by atoms with Crippen molar-refractivity contribution in [2.75, 3.05) is 39.3 Å². The number of hydrogen-bond acceptors (Lipinski definition) is 7. The van der Waals surface area contributed by atoms with Crippen molar-refractivity contribution in [3.63, 3.8) is 0 Å². The Hall–Kier alpha value is -0.350. The van der Waals surface area contributed by atoms with Gasteiger partial charge in [0.15, 0.2) is 0 Å². The van der Waals surface area contributed by atoms with E-state index in [9.17, 15) is 25.3 Å². The Labute approximate surface area is 199 Å². The molecular formula is C19H38N4O7S3. The van der Waals surface area contributed by atoms with Crippen LogP contribution in [0.2, 0.25) is 0 Å². The van der Waals surface area contributed by atoms with Gasteiger partial charge in [-0.1, -0.05) is 0 Å². The molecule has 1 atom stereocenters. The molecule has 11 nitrogen and oxygen atoms in total. The first-order valence-electron chi connectivity index (χ1n) is 11.2. The second-order valence-electron chi connectivity index (χ2n) is 11.3. The Morgan fingerprint density at radius 2 is 1.36 bits per heavy atom. The molecule has 0 spiro atoms. The fourth-order valence-electron chi connectivity index (χ4n) is 5.17. The summed E-state index contributed by atoms with van der Waals surface area (Å²) in [7, 11) is -11.3. The lowest BCUT2D eigenvalue weighted by Gasteiger charge is -2.38. The molecule has 3 aliphatic heterocycles. The predicted molar refractivity (Wildman–Crippen MR) is 125 cm³/mol. The molecule has 0 radical (unpaired) electrons. The minimum absolute atomic E-state index is 0.0238. The van der Waals surface area contributed by atoms with Gasteiger partial charge in [-0.15, -0.1) is 0 Å². The van der Waals surface area contributed by atoms with E-state index >= 15 is 0 Å². The second-order valence-corrected chi connectivity index (χ2v) is 16.8. The monoisotopic (exact) mass is 530 g/mol. The van der Waals surface area contributed by atoms with Crippen molar-refractivity contribution in [3.8, 4) is 0 Å². The van der Waals surface area contributed by atoms with Crippen molar-refractivity contribution in [2.24, 2.45) is 0 Å². The molecule has 0 aliphatic carbocycles. The van der Waals surface area contributed by atoms with E-state index in [-0.39, 0.29) is 39.2 Å². The molecule has 0 amide bonds. The first-order valence-corrected chi connectivity index (χ1v) is 15.5. The van der Waals surface area contributed by atoms with Crippen LogP contribution in [-0.4, -0.2) is 104 Å². The summed E-state index contributed by atoms with van der Waals surface area (Å²) in [6.07, 6.45) is 0.646. The van der Waals surface area contributed by atoms with Crippen LogP contribution in [0.15, 0.2) is 0 Å². The van der Waals surface area contributed by atoms with Crippen LogP contribution in [0.1, 0.15) is 61.3 Å². The van der Waals surface area contributed by atoms with Crippen molar-refractivity contribution in [1.29, 1.82) is 0 Å². The quantitative estimate of drug-likeness (QED) is 0.492. The Morgan fingerprint density at radius 1 is 0.758 bits per heavy atom. The van der Waals surface area contributed by atoms with Gasteiger partial charge >= 0.3 is 10.3 Å². The zero-order chi connectivity index (χ0) is 25.3. The van der Waals surface area contributed by atoms with Crippen molar-refractivity contribution in [2.45, 2.75) is 83.2 Å². The predicted octanol–water partition coefficient (Wildman–Crippen LogP) is 0.576. The normalized spacial score (nSPS) is 29.7. The summed E-state index contributed by atoms with van der Waals surface area (Å²) in [6.45, 7) is 13.5. The van der Waals surface area contributed by atoms with Gasteiger partial charge in [0.05, 0.1) is 11.9 Å². The second kappa shape index (κ2) is 8.36. The van der Waals surface area contributed by atoms with Crippen molar-refractivity contribution < 1.29 is 29.4 Å². The van der Waals surface area contributed by atoms with Gasteiger partial charge in [-0.05, 0) is 61.3 Å². The lowest BCUT2D eigenvalue weighted by molar-refractivity contribution is 0.203. The minimum Gasteiger partial charge on any atom is -0.256 e. The van der Waals surface area contributed by atoms with Gasteiger partial charge in [0.2, 0.25) is 10.0 Å². The molecule has 1 unspecified atom stereocenters. The third-order valence-corrected chi connectivity index (χ3v) is 13.2. The van der Waals surface area contributed by atoms with Crippen LogP contribution in [0, 0.1) is 0 Å². The highest BCUT2D eigenvalue weighted by atomic mass is 32.2. The summed E-state index contributed by atoms with van der Waals surface area (Å²) >= 11 is 0. The van der Waals surface area contributed by atoms with Crippen LogP contribution >= 0.6 is 0 Å². The molecule has 194 valence electrons. The maximum absolute atomic E-state index is 13.4. The molecule has 0 saturated carbocycles. The smallest absolute Gasteiger partial charge is 0.256 e. The van der Waals surface area contributed by atoms with E-state index in [4.69, 9.17) is 4.18 Å². The van der Waals surface area contributed by atoms with Crippen molar-refractivity contribution >= 4 is 30.5 Å². The Kier molecular flexibility index (Phi) is 6.90. The maximum Gasteiger partial charge on any atom is 0.339 e. The number of rotatable bonds is 6. The Bertz CT molecular complexity index is 1080. The first kappa shape index (κ1) is 27.2. The maximum atomic E-state index is 13.4. The summed E-state index contributed by atoms with van der Waals surface area (Å²) < 4.78 is 87.7. The summed E-state index contributed by atoms with van der Waals surface area (Å²) in [5, 5.41) is -0.653. The van der Waals surface area contributed by atoms with Crippen molar-refractivity contribution in [3.05, 3.63) is 0 Å². The van der Waals surface area contributed by atoms with Crippen LogP contribution in [-0.2, 0) is 34.7 Å². The Morgan fingerprint density at radius 3 is 1.85 bits per heavy atom. The molecule has 3 aliphatic rings. The standard InChI is InChI=1S/C19H38N4O7S3/c1-17(2,3)21-9-8-16(31(21,24)25)14-18(4,5)22-11-10-20(32(22,26)27)15-19(6,7)23-12-13-30-33(23,28)29/h16H,8-15H2,1-7H3. The minimum atomic E-state index is -3.91. The van der Waals surface area contributed by atoms with Crippen LogP contribution in [0.5, 0.6) is 0 Å². The lowest BCUT2D eigenvalue weighted by atomic mass is 9.96. The van der Waals surface area contributed by atoms with Gasteiger partial charge in [0.25, 0.3) is 10.2 Å². The van der Waals surface area contributed by atoms with E-state index in [1.165, 1.54) is 17.2 Å². The number of nitrogens with zero attached hydrogens (tertiary/aromatic N) is 4. The van der Waals surface area contributed by atoms with Crippen LogP contribution < -0.4 is 0 Å². The number of hydrogen-bond donors (Lipinski definition) is 0. The third-order valence-electron chi connectivity index (χ3n) is 6.73. The zero-order valence-corrected chi connectivity index (χ0v) is 23.1. The summed E-state index contributed by atoms with van der Waals surface area (Å²) in [5.41, 5.74) is -2.45. The zero-order valence-electron chi connectivity index (χ0n) is 20.6. The molecule has 0 aromatic heterocycles. The summed E-state index contributed by atoms with van der Waals surface area (Å²) in [4.78, 5) is 0. The van der Waals surface area contributed by atoms with E-state index in [0.29, 0.717) is 13.0 Å². The molecule has 3 heterocycles. The molecule has 3 fully saturated rings. The van der Waals surface area contributed by atoms with Gasteiger partial charge in [-0.25, -0.2) is 8.42 Å². The summed E-state index contributed by atoms with van der Waals surface area (Å²) in [5.74, 6) is 0. The average Bonchev–Trinajstić information content (AvgIpc) is 3.21. The highest BCUT2D eigenvalue weighted by molar-refractivity contribution is 7.90. The van der Waals surface area contributed by atoms with E-state index in [0.717, 1.165) is 0 Å². The van der Waals surface area contributed by atoms with Gasteiger partial charge < -0.3 is 0 Å². The molecule has 0 bridgehead atoms. The average molecular weight is 531 g/mol. The molecule has 0 N–H and O–H groups in total. The highest BCUT2D eigenvalue weighted by Gasteiger charge is 2.52. The van der Waals surface area contributed by atoms with Crippen LogP contribution in [0.3, 0.4) is 0 Å². The fraction of sp³-hybridized carbons (Fsp3) is 1.00. The molecule has 0 aromatic carbocycles.